The summed E-state index contributed by atoms with van der Waals surface area (Å²) in [6.45, 7) is 1.15. The van der Waals surface area contributed by atoms with E-state index in [1.165, 1.54) is 36.3 Å². The van der Waals surface area contributed by atoms with E-state index in [1.807, 2.05) is 6.07 Å². The average molecular weight is 372 g/mol. The summed E-state index contributed by atoms with van der Waals surface area (Å²) >= 11 is 1.38. The second-order valence-corrected chi connectivity index (χ2v) is 7.03. The first-order chi connectivity index (χ1) is 12.7. The number of benzene rings is 1. The number of hydrogen-bond acceptors (Lipinski definition) is 6. The van der Waals surface area contributed by atoms with E-state index < -0.39 is 0 Å². The number of hydrogen-bond donors (Lipinski definition) is 0. The predicted octanol–water partition coefficient (Wildman–Crippen LogP) is 2.80. The summed E-state index contributed by atoms with van der Waals surface area (Å²) in [6, 6.07) is 6.41. The summed E-state index contributed by atoms with van der Waals surface area (Å²) in [5.41, 5.74) is 1.18. The van der Waals surface area contributed by atoms with Gasteiger partial charge < -0.3 is 4.74 Å². The molecule has 134 valence electrons. The topological polar surface area (TPSA) is 69.9 Å². The molecule has 3 heterocycles. The van der Waals surface area contributed by atoms with Crippen LogP contribution in [-0.4, -0.2) is 32.2 Å². The Balaban J connectivity index is 1.69. The Morgan fingerprint density at radius 3 is 3.00 bits per heavy atom. The molecule has 1 aromatic carbocycles. The van der Waals surface area contributed by atoms with Crippen LogP contribution in [-0.2, 0) is 17.0 Å². The van der Waals surface area contributed by atoms with Crippen LogP contribution in [0.15, 0.2) is 46.6 Å². The highest BCUT2D eigenvalue weighted by molar-refractivity contribution is 7.98. The molecule has 8 heteroatoms. The molecule has 1 fully saturated rings. The van der Waals surface area contributed by atoms with Gasteiger partial charge in [0.1, 0.15) is 5.82 Å². The van der Waals surface area contributed by atoms with Gasteiger partial charge in [-0.15, -0.1) is 0 Å². The van der Waals surface area contributed by atoms with Crippen molar-refractivity contribution in [3.05, 3.63) is 58.4 Å². The highest BCUT2D eigenvalue weighted by atomic mass is 32.2. The summed E-state index contributed by atoms with van der Waals surface area (Å²) < 4.78 is 20.7. The molecule has 0 amide bonds. The summed E-state index contributed by atoms with van der Waals surface area (Å²) in [7, 11) is 0. The fraction of sp³-hybridized carbons (Fsp3) is 0.333. The molecule has 0 radical (unpaired) electrons. The van der Waals surface area contributed by atoms with Crippen LogP contribution < -0.4 is 5.56 Å². The Morgan fingerprint density at radius 1 is 1.31 bits per heavy atom. The first kappa shape index (κ1) is 17.1. The third-order valence-electron chi connectivity index (χ3n) is 4.23. The van der Waals surface area contributed by atoms with Gasteiger partial charge in [0.15, 0.2) is 16.3 Å². The summed E-state index contributed by atoms with van der Waals surface area (Å²) in [4.78, 5) is 25.7. The van der Waals surface area contributed by atoms with Gasteiger partial charge in [0.05, 0.1) is 12.6 Å². The van der Waals surface area contributed by atoms with Crippen molar-refractivity contribution in [1.29, 1.82) is 0 Å². The Bertz CT molecular complexity index is 988. The van der Waals surface area contributed by atoms with Gasteiger partial charge >= 0.3 is 0 Å². The highest BCUT2D eigenvalue weighted by Gasteiger charge is 2.21. The molecule has 0 aliphatic carbocycles. The highest BCUT2D eigenvalue weighted by Crippen LogP contribution is 2.23. The quantitative estimate of drug-likeness (QED) is 0.507. The summed E-state index contributed by atoms with van der Waals surface area (Å²) in [6.07, 6.45) is 4.91. The molecular formula is C18H17FN4O2S. The van der Waals surface area contributed by atoms with Gasteiger partial charge in [0.25, 0.3) is 5.56 Å². The number of ether oxygens (including phenoxy) is 1. The average Bonchev–Trinajstić information content (AvgIpc) is 3.16. The predicted molar refractivity (Wildman–Crippen MR) is 96.5 cm³/mol. The van der Waals surface area contributed by atoms with Gasteiger partial charge in [-0.2, -0.15) is 0 Å². The van der Waals surface area contributed by atoms with Crippen molar-refractivity contribution >= 4 is 22.9 Å². The van der Waals surface area contributed by atoms with Crippen molar-refractivity contribution in [2.24, 2.45) is 0 Å². The Kier molecular flexibility index (Phi) is 4.94. The maximum Gasteiger partial charge on any atom is 0.282 e. The largest absolute Gasteiger partial charge is 0.376 e. The maximum absolute atomic E-state index is 13.4. The third-order valence-corrected chi connectivity index (χ3v) is 5.27. The normalized spacial score (nSPS) is 17.0. The van der Waals surface area contributed by atoms with E-state index >= 15 is 0 Å². The maximum atomic E-state index is 13.4. The van der Waals surface area contributed by atoms with Crippen molar-refractivity contribution in [2.45, 2.75) is 36.4 Å². The van der Waals surface area contributed by atoms with E-state index in [0.717, 1.165) is 18.4 Å². The van der Waals surface area contributed by atoms with Crippen LogP contribution in [0.1, 0.15) is 18.4 Å². The van der Waals surface area contributed by atoms with Crippen molar-refractivity contribution < 1.29 is 9.13 Å². The number of nitrogens with zero attached hydrogens (tertiary/aromatic N) is 4. The molecular weight excluding hydrogens is 355 g/mol. The zero-order valence-corrected chi connectivity index (χ0v) is 14.8. The fourth-order valence-electron chi connectivity index (χ4n) is 2.97. The van der Waals surface area contributed by atoms with Gasteiger partial charge in [-0.3, -0.25) is 9.36 Å². The molecule has 4 rings (SSSR count). The van der Waals surface area contributed by atoms with Crippen molar-refractivity contribution in [2.75, 3.05) is 6.61 Å². The van der Waals surface area contributed by atoms with Gasteiger partial charge in [0.2, 0.25) is 0 Å². The lowest BCUT2D eigenvalue weighted by Gasteiger charge is -2.15. The number of aromatic nitrogens is 4. The van der Waals surface area contributed by atoms with E-state index in [1.54, 1.807) is 10.6 Å². The monoisotopic (exact) mass is 372 g/mol. The minimum atomic E-state index is -0.280. The molecule has 0 spiro atoms. The standard InChI is InChI=1S/C18H17FN4O2S/c19-13-4-1-3-12(9-13)11-26-18-22-16-15(20-6-7-21-16)17(24)23(18)10-14-5-2-8-25-14/h1,3-4,6-7,9,14H,2,5,8,10-11H2. The van der Waals surface area contributed by atoms with Gasteiger partial charge in [0, 0.05) is 24.8 Å². The van der Waals surface area contributed by atoms with E-state index in [0.29, 0.717) is 29.7 Å². The second-order valence-electron chi connectivity index (χ2n) is 6.09. The molecule has 1 saturated heterocycles. The zero-order valence-electron chi connectivity index (χ0n) is 14.0. The first-order valence-electron chi connectivity index (χ1n) is 8.41. The number of thioether (sulfide) groups is 1. The SMILES string of the molecule is O=c1c2nccnc2nc(SCc2cccc(F)c2)n1CC1CCCO1. The lowest BCUT2D eigenvalue weighted by atomic mass is 10.2. The van der Waals surface area contributed by atoms with E-state index in [2.05, 4.69) is 15.0 Å². The van der Waals surface area contributed by atoms with Crippen molar-refractivity contribution in [3.8, 4) is 0 Å². The molecule has 26 heavy (non-hydrogen) atoms. The zero-order chi connectivity index (χ0) is 17.9. The van der Waals surface area contributed by atoms with E-state index in [-0.39, 0.29) is 23.0 Å². The van der Waals surface area contributed by atoms with Crippen LogP contribution >= 0.6 is 11.8 Å². The van der Waals surface area contributed by atoms with Gasteiger partial charge in [-0.1, -0.05) is 23.9 Å². The Morgan fingerprint density at radius 2 is 2.19 bits per heavy atom. The van der Waals surface area contributed by atoms with Crippen LogP contribution in [0, 0.1) is 5.82 Å². The van der Waals surface area contributed by atoms with Crippen LogP contribution in [0.25, 0.3) is 11.2 Å². The Hall–Kier alpha value is -2.32. The molecule has 0 saturated carbocycles. The van der Waals surface area contributed by atoms with E-state index in [4.69, 9.17) is 4.74 Å². The van der Waals surface area contributed by atoms with Crippen LogP contribution in [0.4, 0.5) is 4.39 Å². The lowest BCUT2D eigenvalue weighted by Crippen LogP contribution is -2.29. The molecule has 3 aromatic rings. The molecule has 0 N–H and O–H groups in total. The summed E-state index contributed by atoms with van der Waals surface area (Å²) in [5.74, 6) is 0.221. The van der Waals surface area contributed by atoms with Crippen molar-refractivity contribution in [3.63, 3.8) is 0 Å². The molecule has 1 aliphatic rings. The molecule has 6 nitrogen and oxygen atoms in total. The molecule has 1 atom stereocenters. The van der Waals surface area contributed by atoms with Crippen LogP contribution in [0.2, 0.25) is 0 Å². The number of halogens is 1. The molecule has 1 aliphatic heterocycles. The smallest absolute Gasteiger partial charge is 0.282 e. The van der Waals surface area contributed by atoms with Crippen molar-refractivity contribution in [1.82, 2.24) is 19.5 Å². The minimum Gasteiger partial charge on any atom is -0.376 e. The lowest BCUT2D eigenvalue weighted by molar-refractivity contribution is 0.0937. The Labute approximate surface area is 153 Å². The van der Waals surface area contributed by atoms with Crippen LogP contribution in [0.5, 0.6) is 0 Å². The first-order valence-corrected chi connectivity index (χ1v) is 9.39. The second kappa shape index (κ2) is 7.51. The number of fused-ring (bicyclic) bond motifs is 1. The summed E-state index contributed by atoms with van der Waals surface area (Å²) in [5, 5.41) is 0.544. The molecule has 1 unspecified atom stereocenters. The van der Waals surface area contributed by atoms with E-state index in [9.17, 15) is 9.18 Å². The fourth-order valence-corrected chi connectivity index (χ4v) is 3.91. The van der Waals surface area contributed by atoms with Gasteiger partial charge in [-0.05, 0) is 30.5 Å². The molecule has 0 bridgehead atoms. The van der Waals surface area contributed by atoms with Gasteiger partial charge in [-0.25, -0.2) is 19.3 Å². The third kappa shape index (κ3) is 3.61. The minimum absolute atomic E-state index is 0.00265. The van der Waals surface area contributed by atoms with Crippen LogP contribution in [0.3, 0.4) is 0 Å². The number of rotatable bonds is 5. The molecule has 2 aromatic heterocycles.